The molecule has 0 spiro atoms. The van der Waals surface area contributed by atoms with Crippen molar-refractivity contribution in [2.75, 3.05) is 0 Å². The van der Waals surface area contributed by atoms with Crippen LogP contribution in [0.1, 0.15) is 20.7 Å². The van der Waals surface area contributed by atoms with Gasteiger partial charge in [0, 0.05) is 21.5 Å². The minimum absolute atomic E-state index is 0.103. The number of carboxylic acid groups (broad SMARTS) is 1. The lowest BCUT2D eigenvalue weighted by Crippen LogP contribution is -1.97. The van der Waals surface area contributed by atoms with E-state index in [4.69, 9.17) is 11.6 Å². The van der Waals surface area contributed by atoms with Gasteiger partial charge >= 0.3 is 5.97 Å². The normalized spacial score (nSPS) is 10.7. The Balaban J connectivity index is 2.34. The van der Waals surface area contributed by atoms with Crippen LogP contribution in [0.25, 0.3) is 22.2 Å². The largest absolute Gasteiger partial charge is 0.478 e. The van der Waals surface area contributed by atoms with Crippen molar-refractivity contribution >= 4 is 34.8 Å². The second-order valence-corrected chi connectivity index (χ2v) is 5.01. The number of carbonyl (C=O) groups is 2. The number of hydrogen-bond acceptors (Lipinski definition) is 2. The van der Waals surface area contributed by atoms with Gasteiger partial charge in [0.25, 0.3) is 0 Å². The molecular formula is C16H10ClNO3. The number of hydrogen-bond donors (Lipinski definition) is 2. The molecule has 0 aliphatic carbocycles. The number of rotatable bonds is 3. The molecule has 4 nitrogen and oxygen atoms in total. The molecule has 0 atom stereocenters. The van der Waals surface area contributed by atoms with Crippen molar-refractivity contribution in [3.63, 3.8) is 0 Å². The summed E-state index contributed by atoms with van der Waals surface area (Å²) in [6.45, 7) is 0. The van der Waals surface area contributed by atoms with E-state index < -0.39 is 5.97 Å². The summed E-state index contributed by atoms with van der Waals surface area (Å²) >= 11 is 5.86. The highest BCUT2D eigenvalue weighted by Gasteiger charge is 2.18. The molecule has 104 valence electrons. The zero-order valence-electron chi connectivity index (χ0n) is 10.8. The van der Waals surface area contributed by atoms with E-state index in [0.717, 1.165) is 5.56 Å². The summed E-state index contributed by atoms with van der Waals surface area (Å²) in [7, 11) is 0. The monoisotopic (exact) mass is 299 g/mol. The zero-order chi connectivity index (χ0) is 15.0. The van der Waals surface area contributed by atoms with Gasteiger partial charge in [-0.1, -0.05) is 29.8 Å². The van der Waals surface area contributed by atoms with Crippen LogP contribution < -0.4 is 0 Å². The Kier molecular flexibility index (Phi) is 3.23. The molecule has 0 aliphatic heterocycles. The molecule has 3 rings (SSSR count). The van der Waals surface area contributed by atoms with Gasteiger partial charge in [-0.05, 0) is 29.8 Å². The molecule has 0 fully saturated rings. The van der Waals surface area contributed by atoms with Crippen molar-refractivity contribution < 1.29 is 14.7 Å². The standard InChI is InChI=1S/C16H10ClNO3/c17-10-6-4-9(5-7-10)15-12(8-19)14-11(16(20)21)2-1-3-13(14)18-15/h1-8,18H,(H,20,21). The summed E-state index contributed by atoms with van der Waals surface area (Å²) in [5.41, 5.74) is 2.41. The van der Waals surface area contributed by atoms with Crippen LogP contribution in [-0.2, 0) is 0 Å². The van der Waals surface area contributed by atoms with Gasteiger partial charge in [0.05, 0.1) is 11.3 Å². The molecule has 0 bridgehead atoms. The van der Waals surface area contributed by atoms with Gasteiger partial charge in [-0.15, -0.1) is 0 Å². The molecule has 0 amide bonds. The van der Waals surface area contributed by atoms with E-state index >= 15 is 0 Å². The van der Waals surface area contributed by atoms with Crippen molar-refractivity contribution in [1.82, 2.24) is 4.98 Å². The Bertz CT molecular complexity index is 850. The lowest BCUT2D eigenvalue weighted by atomic mass is 10.0. The number of aldehydes is 1. The Morgan fingerprint density at radius 2 is 1.86 bits per heavy atom. The van der Waals surface area contributed by atoms with Crippen LogP contribution in [0.3, 0.4) is 0 Å². The maximum Gasteiger partial charge on any atom is 0.336 e. The van der Waals surface area contributed by atoms with Gasteiger partial charge in [-0.2, -0.15) is 0 Å². The van der Waals surface area contributed by atoms with E-state index in [-0.39, 0.29) is 5.56 Å². The summed E-state index contributed by atoms with van der Waals surface area (Å²) in [6, 6.07) is 11.9. The Morgan fingerprint density at radius 3 is 2.48 bits per heavy atom. The topological polar surface area (TPSA) is 70.2 Å². The van der Waals surface area contributed by atoms with Crippen molar-refractivity contribution in [3.8, 4) is 11.3 Å². The predicted molar refractivity (Wildman–Crippen MR) is 81.1 cm³/mol. The molecule has 2 N–H and O–H groups in total. The van der Waals surface area contributed by atoms with Crippen LogP contribution in [0.15, 0.2) is 42.5 Å². The average molecular weight is 300 g/mol. The molecule has 0 saturated heterocycles. The van der Waals surface area contributed by atoms with E-state index in [9.17, 15) is 14.7 Å². The molecule has 5 heteroatoms. The molecule has 1 heterocycles. The fourth-order valence-corrected chi connectivity index (χ4v) is 2.54. The predicted octanol–water partition coefficient (Wildman–Crippen LogP) is 4.00. The number of aromatic amines is 1. The van der Waals surface area contributed by atoms with Gasteiger partial charge in [0.1, 0.15) is 0 Å². The summed E-state index contributed by atoms with van der Waals surface area (Å²) in [4.78, 5) is 25.9. The fourth-order valence-electron chi connectivity index (χ4n) is 2.41. The number of benzene rings is 2. The lowest BCUT2D eigenvalue weighted by molar-refractivity contribution is 0.0699. The second kappa shape index (κ2) is 5.07. The Labute approximate surface area is 125 Å². The third kappa shape index (κ3) is 2.19. The number of fused-ring (bicyclic) bond motifs is 1. The number of H-pyrrole nitrogens is 1. The fraction of sp³-hybridized carbons (Fsp3) is 0. The highest BCUT2D eigenvalue weighted by molar-refractivity contribution is 6.30. The molecule has 0 aliphatic rings. The first-order valence-electron chi connectivity index (χ1n) is 6.21. The summed E-state index contributed by atoms with van der Waals surface area (Å²) in [6.07, 6.45) is 0.676. The third-order valence-electron chi connectivity index (χ3n) is 3.34. The van der Waals surface area contributed by atoms with Crippen LogP contribution in [0.2, 0.25) is 5.02 Å². The van der Waals surface area contributed by atoms with Crippen molar-refractivity contribution in [3.05, 3.63) is 58.6 Å². The van der Waals surface area contributed by atoms with Gasteiger partial charge in [0.2, 0.25) is 0 Å². The summed E-state index contributed by atoms with van der Waals surface area (Å²) in [5.74, 6) is -1.06. The SMILES string of the molecule is O=Cc1c(-c2ccc(Cl)cc2)[nH]c2cccc(C(=O)O)c12. The van der Waals surface area contributed by atoms with Crippen molar-refractivity contribution in [2.24, 2.45) is 0 Å². The van der Waals surface area contributed by atoms with Crippen molar-refractivity contribution in [2.45, 2.75) is 0 Å². The Morgan fingerprint density at radius 1 is 1.14 bits per heavy atom. The number of aromatic carboxylic acids is 1. The van der Waals surface area contributed by atoms with E-state index in [1.54, 1.807) is 36.4 Å². The highest BCUT2D eigenvalue weighted by atomic mass is 35.5. The minimum atomic E-state index is -1.06. The van der Waals surface area contributed by atoms with Crippen LogP contribution in [0.4, 0.5) is 0 Å². The quantitative estimate of drug-likeness (QED) is 0.718. The lowest BCUT2D eigenvalue weighted by Gasteiger charge is -2.00. The minimum Gasteiger partial charge on any atom is -0.478 e. The van der Waals surface area contributed by atoms with Gasteiger partial charge in [0.15, 0.2) is 6.29 Å². The number of nitrogens with one attached hydrogen (secondary N) is 1. The Hall–Kier alpha value is -2.59. The molecule has 0 radical (unpaired) electrons. The van der Waals surface area contributed by atoms with E-state index in [2.05, 4.69) is 4.98 Å². The zero-order valence-corrected chi connectivity index (χ0v) is 11.5. The maximum absolute atomic E-state index is 11.5. The highest BCUT2D eigenvalue weighted by Crippen LogP contribution is 2.31. The van der Waals surface area contributed by atoms with Crippen molar-refractivity contribution in [1.29, 1.82) is 0 Å². The molecule has 2 aromatic carbocycles. The first-order chi connectivity index (χ1) is 10.1. The van der Waals surface area contributed by atoms with Gasteiger partial charge in [-0.3, -0.25) is 4.79 Å². The average Bonchev–Trinajstić information content (AvgIpc) is 2.86. The molecular weight excluding hydrogens is 290 g/mol. The molecule has 0 unspecified atom stereocenters. The van der Waals surface area contributed by atoms with Crippen LogP contribution in [0, 0.1) is 0 Å². The molecule has 21 heavy (non-hydrogen) atoms. The molecule has 3 aromatic rings. The summed E-state index contributed by atoms with van der Waals surface area (Å²) in [5, 5.41) is 10.3. The number of carboxylic acids is 1. The van der Waals surface area contributed by atoms with E-state index in [1.807, 2.05) is 0 Å². The molecule has 1 aromatic heterocycles. The number of carbonyl (C=O) groups excluding carboxylic acids is 1. The summed E-state index contributed by atoms with van der Waals surface area (Å²) < 4.78 is 0. The van der Waals surface area contributed by atoms with Crippen LogP contribution in [0.5, 0.6) is 0 Å². The second-order valence-electron chi connectivity index (χ2n) is 4.57. The van der Waals surface area contributed by atoms with E-state index in [1.165, 1.54) is 6.07 Å². The van der Waals surface area contributed by atoms with Crippen LogP contribution in [-0.4, -0.2) is 22.3 Å². The van der Waals surface area contributed by atoms with Gasteiger partial charge in [-0.25, -0.2) is 4.79 Å². The molecule has 0 saturated carbocycles. The number of halogens is 1. The number of aromatic nitrogens is 1. The first kappa shape index (κ1) is 13.4. The smallest absolute Gasteiger partial charge is 0.336 e. The van der Waals surface area contributed by atoms with Crippen LogP contribution >= 0.6 is 11.6 Å². The van der Waals surface area contributed by atoms with E-state index in [0.29, 0.717) is 33.5 Å². The maximum atomic E-state index is 11.5. The first-order valence-corrected chi connectivity index (χ1v) is 6.58. The third-order valence-corrected chi connectivity index (χ3v) is 3.60. The van der Waals surface area contributed by atoms with Gasteiger partial charge < -0.3 is 10.1 Å².